The van der Waals surface area contributed by atoms with Crippen LogP contribution in [0.4, 0.5) is 0 Å². The zero-order valence-corrected chi connectivity index (χ0v) is 9.30. The van der Waals surface area contributed by atoms with Crippen LogP contribution in [0.3, 0.4) is 0 Å². The second-order valence-electron chi connectivity index (χ2n) is 3.94. The number of aromatic carboxylic acids is 1. The molecule has 1 unspecified atom stereocenters. The van der Waals surface area contributed by atoms with Crippen molar-refractivity contribution in [2.45, 2.75) is 12.8 Å². The van der Waals surface area contributed by atoms with Gasteiger partial charge in [-0.2, -0.15) is 11.8 Å². The van der Waals surface area contributed by atoms with Crippen molar-refractivity contribution in [3.8, 4) is 0 Å². The lowest BCUT2D eigenvalue weighted by molar-refractivity contribution is 0.0696. The van der Waals surface area contributed by atoms with E-state index in [1.165, 1.54) is 17.9 Å². The third kappa shape index (κ3) is 2.75. The minimum absolute atomic E-state index is 0.401. The van der Waals surface area contributed by atoms with Crippen LogP contribution in [-0.4, -0.2) is 22.6 Å². The van der Waals surface area contributed by atoms with E-state index in [2.05, 4.69) is 0 Å². The van der Waals surface area contributed by atoms with E-state index < -0.39 is 5.97 Å². The molecule has 1 saturated heterocycles. The molecule has 1 aromatic carbocycles. The summed E-state index contributed by atoms with van der Waals surface area (Å²) in [6, 6.07) is 7.30. The molecule has 0 aromatic heterocycles. The van der Waals surface area contributed by atoms with Crippen LogP contribution in [0.25, 0.3) is 0 Å². The molecule has 1 atom stereocenters. The molecule has 80 valence electrons. The first kappa shape index (κ1) is 10.6. The molecule has 3 heteroatoms. The van der Waals surface area contributed by atoms with Gasteiger partial charge in [0.1, 0.15) is 0 Å². The Morgan fingerprint density at radius 3 is 3.07 bits per heavy atom. The van der Waals surface area contributed by atoms with Gasteiger partial charge in [0.25, 0.3) is 0 Å². The van der Waals surface area contributed by atoms with Gasteiger partial charge in [-0.1, -0.05) is 12.1 Å². The summed E-state index contributed by atoms with van der Waals surface area (Å²) in [7, 11) is 0. The first-order valence-electron chi connectivity index (χ1n) is 5.15. The van der Waals surface area contributed by atoms with E-state index in [0.29, 0.717) is 5.56 Å². The second-order valence-corrected chi connectivity index (χ2v) is 5.09. The standard InChI is InChI=1S/C12H14O2S/c13-12(14)11-3-1-2-9(7-11)6-10-4-5-15-8-10/h1-3,7,10H,4-6,8H2,(H,13,14). The molecule has 0 spiro atoms. The van der Waals surface area contributed by atoms with Crippen LogP contribution in [-0.2, 0) is 6.42 Å². The van der Waals surface area contributed by atoms with Crippen LogP contribution in [0, 0.1) is 5.92 Å². The van der Waals surface area contributed by atoms with Crippen LogP contribution in [0.2, 0.25) is 0 Å². The highest BCUT2D eigenvalue weighted by molar-refractivity contribution is 7.99. The van der Waals surface area contributed by atoms with Gasteiger partial charge in [-0.25, -0.2) is 4.79 Å². The third-order valence-corrected chi connectivity index (χ3v) is 3.95. The molecule has 1 fully saturated rings. The van der Waals surface area contributed by atoms with Gasteiger partial charge in [-0.3, -0.25) is 0 Å². The van der Waals surface area contributed by atoms with Crippen LogP contribution in [0.1, 0.15) is 22.3 Å². The van der Waals surface area contributed by atoms with Crippen molar-refractivity contribution in [3.63, 3.8) is 0 Å². The molecule has 0 bridgehead atoms. The van der Waals surface area contributed by atoms with E-state index in [1.807, 2.05) is 23.9 Å². The molecule has 2 rings (SSSR count). The maximum atomic E-state index is 10.8. The van der Waals surface area contributed by atoms with Crippen molar-refractivity contribution in [3.05, 3.63) is 35.4 Å². The maximum Gasteiger partial charge on any atom is 0.335 e. The number of carboxylic acid groups (broad SMARTS) is 1. The number of benzene rings is 1. The minimum atomic E-state index is -0.836. The minimum Gasteiger partial charge on any atom is -0.478 e. The Kier molecular flexibility index (Phi) is 3.31. The Labute approximate surface area is 93.7 Å². The first-order valence-corrected chi connectivity index (χ1v) is 6.31. The lowest BCUT2D eigenvalue weighted by Gasteiger charge is -2.08. The Morgan fingerprint density at radius 1 is 1.53 bits per heavy atom. The smallest absolute Gasteiger partial charge is 0.335 e. The predicted octanol–water partition coefficient (Wildman–Crippen LogP) is 2.68. The molecule has 0 amide bonds. The van der Waals surface area contributed by atoms with Gasteiger partial charge in [0.2, 0.25) is 0 Å². The zero-order chi connectivity index (χ0) is 10.7. The molecule has 1 heterocycles. The van der Waals surface area contributed by atoms with Crippen molar-refractivity contribution in [1.29, 1.82) is 0 Å². The molecule has 1 aromatic rings. The number of carboxylic acids is 1. The summed E-state index contributed by atoms with van der Waals surface area (Å²) < 4.78 is 0. The highest BCUT2D eigenvalue weighted by atomic mass is 32.2. The number of rotatable bonds is 3. The fraction of sp³-hybridized carbons (Fsp3) is 0.417. The molecule has 15 heavy (non-hydrogen) atoms. The zero-order valence-electron chi connectivity index (χ0n) is 8.48. The molecule has 0 radical (unpaired) electrons. The van der Waals surface area contributed by atoms with Gasteiger partial charge in [0, 0.05) is 0 Å². The monoisotopic (exact) mass is 222 g/mol. The van der Waals surface area contributed by atoms with Gasteiger partial charge < -0.3 is 5.11 Å². The van der Waals surface area contributed by atoms with Gasteiger partial charge in [0.15, 0.2) is 0 Å². The predicted molar refractivity (Wildman–Crippen MR) is 62.5 cm³/mol. The number of hydrogen-bond acceptors (Lipinski definition) is 2. The number of carbonyl (C=O) groups is 1. The van der Waals surface area contributed by atoms with E-state index in [0.717, 1.165) is 17.9 Å². The Hall–Kier alpha value is -0.960. The highest BCUT2D eigenvalue weighted by Crippen LogP contribution is 2.26. The largest absolute Gasteiger partial charge is 0.478 e. The van der Waals surface area contributed by atoms with Crippen molar-refractivity contribution in [2.75, 3.05) is 11.5 Å². The van der Waals surface area contributed by atoms with Crippen LogP contribution in [0.5, 0.6) is 0 Å². The fourth-order valence-electron chi connectivity index (χ4n) is 1.91. The molecule has 0 aliphatic carbocycles. The summed E-state index contributed by atoms with van der Waals surface area (Å²) >= 11 is 2.00. The molecular formula is C12H14O2S. The van der Waals surface area contributed by atoms with Gasteiger partial charge in [-0.05, 0) is 48.0 Å². The Balaban J connectivity index is 2.07. The second kappa shape index (κ2) is 4.71. The maximum absolute atomic E-state index is 10.8. The first-order chi connectivity index (χ1) is 7.25. The average molecular weight is 222 g/mol. The highest BCUT2D eigenvalue weighted by Gasteiger charge is 2.16. The van der Waals surface area contributed by atoms with Crippen molar-refractivity contribution in [2.24, 2.45) is 5.92 Å². The van der Waals surface area contributed by atoms with E-state index in [9.17, 15) is 4.79 Å². The topological polar surface area (TPSA) is 37.3 Å². The quantitative estimate of drug-likeness (QED) is 0.854. The lowest BCUT2D eigenvalue weighted by Crippen LogP contribution is -2.04. The van der Waals surface area contributed by atoms with Gasteiger partial charge in [0.05, 0.1) is 5.56 Å². The summed E-state index contributed by atoms with van der Waals surface area (Å²) in [5, 5.41) is 8.87. The van der Waals surface area contributed by atoms with Crippen molar-refractivity contribution >= 4 is 17.7 Å². The van der Waals surface area contributed by atoms with Crippen molar-refractivity contribution < 1.29 is 9.90 Å². The normalized spacial score (nSPS) is 20.4. The fourth-order valence-corrected chi connectivity index (χ4v) is 3.19. The molecule has 2 nitrogen and oxygen atoms in total. The van der Waals surface area contributed by atoms with Crippen LogP contribution < -0.4 is 0 Å². The average Bonchev–Trinajstić information content (AvgIpc) is 2.71. The molecular weight excluding hydrogens is 208 g/mol. The number of thioether (sulfide) groups is 1. The van der Waals surface area contributed by atoms with E-state index >= 15 is 0 Å². The molecule has 1 aliphatic rings. The Bertz CT molecular complexity index is 356. The van der Waals surface area contributed by atoms with Gasteiger partial charge >= 0.3 is 5.97 Å². The van der Waals surface area contributed by atoms with Crippen LogP contribution >= 0.6 is 11.8 Å². The van der Waals surface area contributed by atoms with Crippen LogP contribution in [0.15, 0.2) is 24.3 Å². The summed E-state index contributed by atoms with van der Waals surface area (Å²) in [6.45, 7) is 0. The van der Waals surface area contributed by atoms with Gasteiger partial charge in [-0.15, -0.1) is 0 Å². The Morgan fingerprint density at radius 2 is 2.40 bits per heavy atom. The van der Waals surface area contributed by atoms with E-state index in [4.69, 9.17) is 5.11 Å². The third-order valence-electron chi connectivity index (χ3n) is 2.72. The van der Waals surface area contributed by atoms with E-state index in [1.54, 1.807) is 12.1 Å². The summed E-state index contributed by atoms with van der Waals surface area (Å²) in [4.78, 5) is 10.8. The molecule has 1 N–H and O–H groups in total. The summed E-state index contributed by atoms with van der Waals surface area (Å²) in [6.07, 6.45) is 2.29. The molecule has 1 aliphatic heterocycles. The van der Waals surface area contributed by atoms with Crippen molar-refractivity contribution in [1.82, 2.24) is 0 Å². The SMILES string of the molecule is O=C(O)c1cccc(CC2CCSC2)c1. The number of hydrogen-bond donors (Lipinski definition) is 1. The lowest BCUT2D eigenvalue weighted by atomic mass is 9.98. The summed E-state index contributed by atoms with van der Waals surface area (Å²) in [5.74, 6) is 2.37. The van der Waals surface area contributed by atoms with E-state index in [-0.39, 0.29) is 0 Å². The summed E-state index contributed by atoms with van der Waals surface area (Å²) in [5.41, 5.74) is 1.56. The molecule has 0 saturated carbocycles.